The molecule has 0 aromatic carbocycles. The molecule has 0 rings (SSSR count). The molecule has 0 aliphatic rings. The molecular formula is C63H112O6. The van der Waals surface area contributed by atoms with Crippen LogP contribution in [-0.4, -0.2) is 37.2 Å². The molecule has 400 valence electrons. The maximum Gasteiger partial charge on any atom is 0.306 e. The monoisotopic (exact) mass is 965 g/mol. The Labute approximate surface area is 428 Å². The van der Waals surface area contributed by atoms with E-state index in [1.165, 1.54) is 161 Å². The first-order valence-electron chi connectivity index (χ1n) is 29.8. The second-order valence-electron chi connectivity index (χ2n) is 19.9. The molecule has 0 heterocycles. The van der Waals surface area contributed by atoms with Crippen LogP contribution < -0.4 is 0 Å². The third-order valence-corrected chi connectivity index (χ3v) is 13.0. The van der Waals surface area contributed by atoms with Crippen molar-refractivity contribution in [2.45, 2.75) is 309 Å². The van der Waals surface area contributed by atoms with E-state index in [0.717, 1.165) is 103 Å². The van der Waals surface area contributed by atoms with E-state index in [2.05, 4.69) is 81.5 Å². The molecule has 0 saturated heterocycles. The summed E-state index contributed by atoms with van der Waals surface area (Å²) < 4.78 is 16.9. The normalized spacial score (nSPS) is 12.4. The van der Waals surface area contributed by atoms with Crippen molar-refractivity contribution in [1.29, 1.82) is 0 Å². The number of carbonyl (C=O) groups excluding carboxylic acids is 3. The zero-order valence-electron chi connectivity index (χ0n) is 45.8. The van der Waals surface area contributed by atoms with Gasteiger partial charge >= 0.3 is 17.9 Å². The van der Waals surface area contributed by atoms with Crippen molar-refractivity contribution < 1.29 is 28.6 Å². The first-order valence-corrected chi connectivity index (χ1v) is 29.8. The number of hydrogen-bond acceptors (Lipinski definition) is 6. The molecule has 0 spiro atoms. The molecule has 0 bridgehead atoms. The standard InChI is InChI=1S/C63H112O6/c1-4-7-10-13-16-19-22-25-27-29-30-31-32-34-36-39-42-45-48-51-54-57-63(66)69-60(58-67-61(64)55-52-49-46-43-40-37-24-21-18-15-12-9-6-3)59-68-62(65)56-53-50-47-44-41-38-35-33-28-26-23-20-17-14-11-8-5-2/h8,11,17,20-21,24,26,28,35,38,60H,4-7,9-10,12-16,18-19,22-23,25,27,29-34,36-37,39-59H2,1-3H3/b11-8-,20-17-,24-21-,28-26-,38-35-/t60-/m0/s1. The number of carbonyl (C=O) groups is 3. The molecule has 6 nitrogen and oxygen atoms in total. The van der Waals surface area contributed by atoms with Crippen LogP contribution in [-0.2, 0) is 28.6 Å². The van der Waals surface area contributed by atoms with Crippen molar-refractivity contribution in [3.05, 3.63) is 60.8 Å². The van der Waals surface area contributed by atoms with Gasteiger partial charge in [-0.2, -0.15) is 0 Å². The number of esters is 3. The fourth-order valence-electron chi connectivity index (χ4n) is 8.55. The lowest BCUT2D eigenvalue weighted by Gasteiger charge is -2.18. The van der Waals surface area contributed by atoms with Crippen LogP contribution in [0.5, 0.6) is 0 Å². The fraction of sp³-hybridized carbons (Fsp3) is 0.794. The van der Waals surface area contributed by atoms with Gasteiger partial charge in [-0.05, 0) is 83.5 Å². The van der Waals surface area contributed by atoms with E-state index in [-0.39, 0.29) is 31.1 Å². The van der Waals surface area contributed by atoms with Gasteiger partial charge in [-0.15, -0.1) is 0 Å². The molecular weight excluding hydrogens is 853 g/mol. The van der Waals surface area contributed by atoms with Gasteiger partial charge in [-0.3, -0.25) is 14.4 Å². The lowest BCUT2D eigenvalue weighted by atomic mass is 10.0. The molecule has 0 aromatic rings. The Morgan fingerprint density at radius 3 is 0.913 bits per heavy atom. The van der Waals surface area contributed by atoms with Crippen LogP contribution in [0, 0.1) is 0 Å². The van der Waals surface area contributed by atoms with Gasteiger partial charge in [0, 0.05) is 19.3 Å². The number of rotatable bonds is 54. The fourth-order valence-corrected chi connectivity index (χ4v) is 8.55. The van der Waals surface area contributed by atoms with Crippen molar-refractivity contribution in [2.24, 2.45) is 0 Å². The van der Waals surface area contributed by atoms with Crippen molar-refractivity contribution in [3.8, 4) is 0 Å². The summed E-state index contributed by atoms with van der Waals surface area (Å²) in [6, 6.07) is 0. The molecule has 0 amide bonds. The maximum absolute atomic E-state index is 12.9. The topological polar surface area (TPSA) is 78.9 Å². The van der Waals surface area contributed by atoms with E-state index in [4.69, 9.17) is 14.2 Å². The van der Waals surface area contributed by atoms with Gasteiger partial charge in [-0.1, -0.05) is 261 Å². The predicted octanol–water partition coefficient (Wildman–Crippen LogP) is 20.0. The van der Waals surface area contributed by atoms with E-state index in [9.17, 15) is 14.4 Å². The van der Waals surface area contributed by atoms with Crippen LogP contribution >= 0.6 is 0 Å². The van der Waals surface area contributed by atoms with Crippen LogP contribution in [0.1, 0.15) is 303 Å². The van der Waals surface area contributed by atoms with Gasteiger partial charge in [-0.25, -0.2) is 0 Å². The van der Waals surface area contributed by atoms with E-state index < -0.39 is 6.10 Å². The number of hydrogen-bond donors (Lipinski definition) is 0. The lowest BCUT2D eigenvalue weighted by molar-refractivity contribution is -0.167. The quantitative estimate of drug-likeness (QED) is 0.0262. The Bertz CT molecular complexity index is 1250. The van der Waals surface area contributed by atoms with Crippen LogP contribution in [0.3, 0.4) is 0 Å². The zero-order chi connectivity index (χ0) is 50.0. The molecule has 0 aliphatic carbocycles. The van der Waals surface area contributed by atoms with Crippen molar-refractivity contribution in [2.75, 3.05) is 13.2 Å². The van der Waals surface area contributed by atoms with E-state index in [1.807, 2.05) is 0 Å². The smallest absolute Gasteiger partial charge is 0.306 e. The molecule has 0 radical (unpaired) electrons. The average Bonchev–Trinajstić information content (AvgIpc) is 3.35. The molecule has 0 fully saturated rings. The van der Waals surface area contributed by atoms with Crippen LogP contribution in [0.2, 0.25) is 0 Å². The first-order chi connectivity index (χ1) is 34.0. The summed E-state index contributed by atoms with van der Waals surface area (Å²) in [5, 5.41) is 0. The average molecular weight is 966 g/mol. The van der Waals surface area contributed by atoms with E-state index in [0.29, 0.717) is 19.3 Å². The zero-order valence-corrected chi connectivity index (χ0v) is 45.8. The van der Waals surface area contributed by atoms with Crippen LogP contribution in [0.25, 0.3) is 0 Å². The second kappa shape index (κ2) is 57.7. The van der Waals surface area contributed by atoms with Gasteiger partial charge in [0.25, 0.3) is 0 Å². The third kappa shape index (κ3) is 55.9. The van der Waals surface area contributed by atoms with Gasteiger partial charge in [0.1, 0.15) is 13.2 Å². The summed E-state index contributed by atoms with van der Waals surface area (Å²) in [5.41, 5.74) is 0. The molecule has 1 atom stereocenters. The van der Waals surface area contributed by atoms with Crippen LogP contribution in [0.4, 0.5) is 0 Å². The maximum atomic E-state index is 12.9. The first kappa shape index (κ1) is 66.1. The largest absolute Gasteiger partial charge is 0.462 e. The number of ether oxygens (including phenoxy) is 3. The summed E-state index contributed by atoms with van der Waals surface area (Å²) in [5.74, 6) is -0.902. The SMILES string of the molecule is CC/C=C\C/C=C\C/C=C\C/C=C\CCCCCCC(=O)OC[C@H](COC(=O)CCCCCCC/C=C\CCCCCC)OC(=O)CCCCCCCCCCCCCCCCCCCCCCC. The molecule has 0 saturated carbocycles. The highest BCUT2D eigenvalue weighted by atomic mass is 16.6. The highest BCUT2D eigenvalue weighted by Crippen LogP contribution is 2.17. The van der Waals surface area contributed by atoms with Gasteiger partial charge < -0.3 is 14.2 Å². The summed E-state index contributed by atoms with van der Waals surface area (Å²) in [4.78, 5) is 38.2. The Morgan fingerprint density at radius 1 is 0.304 bits per heavy atom. The highest BCUT2D eigenvalue weighted by molar-refractivity contribution is 5.71. The second-order valence-corrected chi connectivity index (χ2v) is 19.9. The minimum atomic E-state index is -0.786. The number of unbranched alkanes of at least 4 members (excludes halogenated alkanes) is 33. The summed E-state index contributed by atoms with van der Waals surface area (Å²) in [6.45, 7) is 6.52. The van der Waals surface area contributed by atoms with Gasteiger partial charge in [0.15, 0.2) is 6.10 Å². The third-order valence-electron chi connectivity index (χ3n) is 13.0. The number of allylic oxidation sites excluding steroid dienone is 10. The molecule has 0 unspecified atom stereocenters. The Morgan fingerprint density at radius 2 is 0.565 bits per heavy atom. The van der Waals surface area contributed by atoms with Gasteiger partial charge in [0.2, 0.25) is 0 Å². The predicted molar refractivity (Wildman–Crippen MR) is 298 cm³/mol. The Balaban J connectivity index is 4.35. The summed E-state index contributed by atoms with van der Waals surface area (Å²) in [7, 11) is 0. The van der Waals surface area contributed by atoms with Crippen LogP contribution in [0.15, 0.2) is 60.8 Å². The van der Waals surface area contributed by atoms with E-state index in [1.54, 1.807) is 0 Å². The van der Waals surface area contributed by atoms with Crippen molar-refractivity contribution >= 4 is 17.9 Å². The molecule has 0 aromatic heterocycles. The lowest BCUT2D eigenvalue weighted by Crippen LogP contribution is -2.30. The Hall–Kier alpha value is -2.89. The van der Waals surface area contributed by atoms with Crippen molar-refractivity contribution in [1.82, 2.24) is 0 Å². The highest BCUT2D eigenvalue weighted by Gasteiger charge is 2.19. The molecule has 0 N–H and O–H groups in total. The molecule has 6 heteroatoms. The molecule has 69 heavy (non-hydrogen) atoms. The summed E-state index contributed by atoms with van der Waals surface area (Å²) in [6.07, 6.45) is 72.2. The minimum absolute atomic E-state index is 0.0841. The minimum Gasteiger partial charge on any atom is -0.462 e. The van der Waals surface area contributed by atoms with E-state index >= 15 is 0 Å². The Kier molecular flexibility index (Phi) is 55.3. The summed E-state index contributed by atoms with van der Waals surface area (Å²) >= 11 is 0. The van der Waals surface area contributed by atoms with Gasteiger partial charge in [0.05, 0.1) is 0 Å². The van der Waals surface area contributed by atoms with Crippen molar-refractivity contribution in [3.63, 3.8) is 0 Å². The molecule has 0 aliphatic heterocycles.